The Morgan fingerprint density at radius 1 is 1.24 bits per heavy atom. The maximum Gasteiger partial charge on any atom is 0.101 e. The number of allylic oxidation sites excluding steroid dienone is 1. The molecule has 0 saturated heterocycles. The highest BCUT2D eigenvalue weighted by Gasteiger charge is 2.61. The van der Waals surface area contributed by atoms with Crippen LogP contribution in [0.2, 0.25) is 0 Å². The summed E-state index contributed by atoms with van der Waals surface area (Å²) in [5, 5.41) is 32.1. The summed E-state index contributed by atoms with van der Waals surface area (Å²) in [6, 6.07) is 0. The SMILES string of the molecule is C=CC[C@H]1C[C@H](O)C(C)(C)[C@]1(O)[C@@H](O)CCCCCCC. The van der Waals surface area contributed by atoms with Crippen LogP contribution in [0, 0.1) is 11.3 Å². The molecule has 3 heteroatoms. The Labute approximate surface area is 130 Å². The van der Waals surface area contributed by atoms with Crippen molar-refractivity contribution in [1.82, 2.24) is 0 Å². The molecule has 0 spiro atoms. The van der Waals surface area contributed by atoms with Gasteiger partial charge in [-0.25, -0.2) is 0 Å². The topological polar surface area (TPSA) is 60.7 Å². The van der Waals surface area contributed by atoms with E-state index in [-0.39, 0.29) is 5.92 Å². The summed E-state index contributed by atoms with van der Waals surface area (Å²) >= 11 is 0. The van der Waals surface area contributed by atoms with Crippen molar-refractivity contribution in [3.63, 3.8) is 0 Å². The summed E-state index contributed by atoms with van der Waals surface area (Å²) in [7, 11) is 0. The molecule has 1 fully saturated rings. The first-order chi connectivity index (χ1) is 9.82. The van der Waals surface area contributed by atoms with Crippen LogP contribution < -0.4 is 0 Å². The van der Waals surface area contributed by atoms with Crippen LogP contribution in [-0.2, 0) is 0 Å². The average Bonchev–Trinajstić information content (AvgIpc) is 2.60. The number of aliphatic hydroxyl groups excluding tert-OH is 2. The molecule has 0 heterocycles. The van der Waals surface area contributed by atoms with E-state index in [9.17, 15) is 15.3 Å². The second kappa shape index (κ2) is 7.75. The summed E-state index contributed by atoms with van der Waals surface area (Å²) in [6.07, 6.45) is 7.81. The number of aliphatic hydroxyl groups is 3. The molecule has 4 atom stereocenters. The first-order valence-electron chi connectivity index (χ1n) is 8.51. The van der Waals surface area contributed by atoms with Gasteiger partial charge in [-0.05, 0) is 25.2 Å². The third-order valence-electron chi connectivity index (χ3n) is 5.54. The summed E-state index contributed by atoms with van der Waals surface area (Å²) < 4.78 is 0. The molecule has 0 unspecified atom stereocenters. The van der Waals surface area contributed by atoms with E-state index in [1.165, 1.54) is 19.3 Å². The van der Waals surface area contributed by atoms with Crippen LogP contribution in [0.4, 0.5) is 0 Å². The van der Waals surface area contributed by atoms with E-state index in [1.807, 2.05) is 13.8 Å². The summed E-state index contributed by atoms with van der Waals surface area (Å²) in [5.74, 6) is -0.120. The predicted octanol–water partition coefficient (Wildman–Crippen LogP) is 3.42. The van der Waals surface area contributed by atoms with Crippen molar-refractivity contribution >= 4 is 0 Å². The zero-order valence-corrected chi connectivity index (χ0v) is 14.0. The molecule has 1 saturated carbocycles. The van der Waals surface area contributed by atoms with Crippen LogP contribution in [-0.4, -0.2) is 33.1 Å². The zero-order valence-electron chi connectivity index (χ0n) is 14.0. The van der Waals surface area contributed by atoms with Crippen molar-refractivity contribution in [1.29, 1.82) is 0 Å². The lowest BCUT2D eigenvalue weighted by Crippen LogP contribution is -2.56. The Bertz CT molecular complexity index is 326. The van der Waals surface area contributed by atoms with Crippen molar-refractivity contribution in [3.8, 4) is 0 Å². The van der Waals surface area contributed by atoms with Crippen molar-refractivity contribution in [3.05, 3.63) is 12.7 Å². The number of hydrogen-bond donors (Lipinski definition) is 3. The van der Waals surface area contributed by atoms with E-state index in [0.717, 1.165) is 12.8 Å². The number of rotatable bonds is 9. The van der Waals surface area contributed by atoms with Gasteiger partial charge in [0, 0.05) is 5.41 Å². The van der Waals surface area contributed by atoms with E-state index < -0.39 is 23.2 Å². The Kier molecular flexibility index (Phi) is 6.89. The van der Waals surface area contributed by atoms with E-state index >= 15 is 0 Å². The molecule has 0 aromatic rings. The van der Waals surface area contributed by atoms with E-state index in [4.69, 9.17) is 0 Å². The molecule has 0 aromatic carbocycles. The van der Waals surface area contributed by atoms with Gasteiger partial charge in [0.1, 0.15) is 5.60 Å². The molecule has 3 N–H and O–H groups in total. The molecule has 1 aliphatic carbocycles. The standard InChI is InChI=1S/C18H34O3/c1-5-7-8-9-10-12-15(19)18(21)14(11-6-2)13-16(20)17(18,3)4/h6,14-16,19-21H,2,5,7-13H2,1,3-4H3/t14-,15-,16-,18+/m0/s1. The molecule has 21 heavy (non-hydrogen) atoms. The van der Waals surface area contributed by atoms with Crippen molar-refractivity contribution in [2.75, 3.05) is 0 Å². The maximum atomic E-state index is 11.2. The van der Waals surface area contributed by atoms with Gasteiger partial charge in [0.05, 0.1) is 12.2 Å². The molecule has 0 amide bonds. The van der Waals surface area contributed by atoms with Gasteiger partial charge in [-0.3, -0.25) is 0 Å². The average molecular weight is 298 g/mol. The quantitative estimate of drug-likeness (QED) is 0.451. The molecule has 0 aromatic heterocycles. The molecular formula is C18H34O3. The Hall–Kier alpha value is -0.380. The smallest absolute Gasteiger partial charge is 0.101 e. The summed E-state index contributed by atoms with van der Waals surface area (Å²) in [4.78, 5) is 0. The molecular weight excluding hydrogens is 264 g/mol. The second-order valence-corrected chi connectivity index (χ2v) is 7.24. The van der Waals surface area contributed by atoms with Crippen LogP contribution in [0.5, 0.6) is 0 Å². The first-order valence-corrected chi connectivity index (χ1v) is 8.51. The molecule has 0 aliphatic heterocycles. The first kappa shape index (κ1) is 18.7. The molecule has 1 aliphatic rings. The minimum Gasteiger partial charge on any atom is -0.392 e. The Morgan fingerprint density at radius 3 is 2.43 bits per heavy atom. The van der Waals surface area contributed by atoms with Gasteiger partial charge < -0.3 is 15.3 Å². The van der Waals surface area contributed by atoms with Gasteiger partial charge in [0.2, 0.25) is 0 Å². The van der Waals surface area contributed by atoms with Crippen molar-refractivity contribution < 1.29 is 15.3 Å². The molecule has 3 nitrogen and oxygen atoms in total. The fraction of sp³-hybridized carbons (Fsp3) is 0.889. The minimum atomic E-state index is -1.23. The van der Waals surface area contributed by atoms with Crippen LogP contribution in [0.3, 0.4) is 0 Å². The Morgan fingerprint density at radius 2 is 1.86 bits per heavy atom. The van der Waals surface area contributed by atoms with Gasteiger partial charge >= 0.3 is 0 Å². The highest BCUT2D eigenvalue weighted by Crippen LogP contribution is 2.53. The maximum absolute atomic E-state index is 11.2. The van der Waals surface area contributed by atoms with E-state index in [2.05, 4.69) is 13.5 Å². The normalized spacial score (nSPS) is 33.0. The highest BCUT2D eigenvalue weighted by atomic mass is 16.3. The lowest BCUT2D eigenvalue weighted by atomic mass is 9.68. The molecule has 0 radical (unpaired) electrons. The Balaban J connectivity index is 2.70. The predicted molar refractivity (Wildman–Crippen MR) is 87.0 cm³/mol. The minimum absolute atomic E-state index is 0.120. The second-order valence-electron chi connectivity index (χ2n) is 7.24. The molecule has 1 rings (SSSR count). The molecule has 124 valence electrons. The third kappa shape index (κ3) is 3.69. The van der Waals surface area contributed by atoms with Gasteiger partial charge in [-0.1, -0.05) is 59.0 Å². The van der Waals surface area contributed by atoms with Crippen LogP contribution in [0.15, 0.2) is 12.7 Å². The number of unbranched alkanes of at least 4 members (excludes halogenated alkanes) is 4. The van der Waals surface area contributed by atoms with Crippen molar-refractivity contribution in [2.24, 2.45) is 11.3 Å². The molecule has 0 bridgehead atoms. The van der Waals surface area contributed by atoms with Crippen molar-refractivity contribution in [2.45, 2.75) is 89.9 Å². The van der Waals surface area contributed by atoms with Gasteiger partial charge in [-0.15, -0.1) is 6.58 Å². The van der Waals surface area contributed by atoms with E-state index in [1.54, 1.807) is 6.08 Å². The fourth-order valence-electron chi connectivity index (χ4n) is 3.88. The number of hydrogen-bond acceptors (Lipinski definition) is 3. The lowest BCUT2D eigenvalue weighted by molar-refractivity contribution is -0.171. The fourth-order valence-corrected chi connectivity index (χ4v) is 3.88. The highest BCUT2D eigenvalue weighted by molar-refractivity contribution is 5.12. The monoisotopic (exact) mass is 298 g/mol. The largest absolute Gasteiger partial charge is 0.392 e. The van der Waals surface area contributed by atoms with Gasteiger partial charge in [0.15, 0.2) is 0 Å². The summed E-state index contributed by atoms with van der Waals surface area (Å²) in [6.45, 7) is 9.65. The van der Waals surface area contributed by atoms with Crippen LogP contribution in [0.25, 0.3) is 0 Å². The van der Waals surface area contributed by atoms with E-state index in [0.29, 0.717) is 19.3 Å². The van der Waals surface area contributed by atoms with Crippen LogP contribution >= 0.6 is 0 Å². The third-order valence-corrected chi connectivity index (χ3v) is 5.54. The van der Waals surface area contributed by atoms with Gasteiger partial charge in [-0.2, -0.15) is 0 Å². The zero-order chi connectivity index (χ0) is 16.1. The van der Waals surface area contributed by atoms with Gasteiger partial charge in [0.25, 0.3) is 0 Å². The summed E-state index contributed by atoms with van der Waals surface area (Å²) in [5.41, 5.74) is -1.92. The van der Waals surface area contributed by atoms with Crippen LogP contribution in [0.1, 0.15) is 72.1 Å². The lowest BCUT2D eigenvalue weighted by Gasteiger charge is -2.45.